The van der Waals surface area contributed by atoms with E-state index in [0.717, 1.165) is 31.5 Å². The molecule has 0 aromatic heterocycles. The minimum absolute atomic E-state index is 0.429. The molecule has 17 heavy (non-hydrogen) atoms. The Kier molecular flexibility index (Phi) is 2.93. The Bertz CT molecular complexity index is 368. The summed E-state index contributed by atoms with van der Waals surface area (Å²) >= 11 is 0. The molecule has 1 heterocycles. The van der Waals surface area contributed by atoms with Crippen molar-refractivity contribution in [1.29, 1.82) is 0 Å². The fourth-order valence-corrected chi connectivity index (χ4v) is 3.30. The number of hydrogen-bond donors (Lipinski definition) is 2. The Morgan fingerprint density at radius 1 is 0.941 bits per heavy atom. The van der Waals surface area contributed by atoms with Crippen molar-refractivity contribution in [3.63, 3.8) is 0 Å². The Morgan fingerprint density at radius 3 is 2.12 bits per heavy atom. The van der Waals surface area contributed by atoms with E-state index >= 15 is 0 Å². The van der Waals surface area contributed by atoms with Crippen LogP contribution in [-0.4, -0.2) is 18.2 Å². The van der Waals surface area contributed by atoms with Gasteiger partial charge in [0, 0.05) is 0 Å². The lowest BCUT2D eigenvalue weighted by molar-refractivity contribution is -0.0563. The fraction of sp³-hybridized carbons (Fsp3) is 0.600. The molecule has 2 N–H and O–H groups in total. The zero-order valence-electron chi connectivity index (χ0n) is 10.2. The van der Waals surface area contributed by atoms with Crippen molar-refractivity contribution < 1.29 is 5.11 Å². The van der Waals surface area contributed by atoms with Crippen molar-refractivity contribution in [2.45, 2.75) is 31.3 Å². The van der Waals surface area contributed by atoms with Crippen LogP contribution in [0, 0.1) is 11.8 Å². The number of hydrogen-bond acceptors (Lipinski definition) is 2. The maximum Gasteiger partial charge on any atom is 0.0953 e. The Labute approximate surface area is 103 Å². The highest BCUT2D eigenvalue weighted by molar-refractivity contribution is 5.26. The molecule has 1 aliphatic heterocycles. The maximum atomic E-state index is 11.2. The van der Waals surface area contributed by atoms with Gasteiger partial charge in [0.1, 0.15) is 0 Å². The average Bonchev–Trinajstić information content (AvgIpc) is 3.24. The minimum atomic E-state index is -0.566. The lowest BCUT2D eigenvalue weighted by atomic mass is 9.73. The molecule has 1 aromatic carbocycles. The highest BCUT2D eigenvalue weighted by Crippen LogP contribution is 2.51. The molecule has 2 nitrogen and oxygen atoms in total. The summed E-state index contributed by atoms with van der Waals surface area (Å²) in [6.07, 6.45) is 4.58. The van der Waals surface area contributed by atoms with Gasteiger partial charge in [0.2, 0.25) is 0 Å². The monoisotopic (exact) mass is 231 g/mol. The lowest BCUT2D eigenvalue weighted by Crippen LogP contribution is -2.43. The zero-order chi connectivity index (χ0) is 11.7. The summed E-state index contributed by atoms with van der Waals surface area (Å²) in [6, 6.07) is 10.3. The van der Waals surface area contributed by atoms with Crippen molar-refractivity contribution in [3.05, 3.63) is 35.9 Å². The first-order valence-electron chi connectivity index (χ1n) is 6.80. The van der Waals surface area contributed by atoms with Crippen molar-refractivity contribution >= 4 is 0 Å². The third-order valence-electron chi connectivity index (χ3n) is 4.40. The number of piperidine rings is 1. The van der Waals surface area contributed by atoms with Crippen LogP contribution in [0.2, 0.25) is 0 Å². The van der Waals surface area contributed by atoms with Gasteiger partial charge < -0.3 is 10.4 Å². The van der Waals surface area contributed by atoms with Crippen LogP contribution < -0.4 is 5.32 Å². The largest absolute Gasteiger partial charge is 0.385 e. The van der Waals surface area contributed by atoms with Gasteiger partial charge in [-0.1, -0.05) is 30.3 Å². The first-order valence-corrected chi connectivity index (χ1v) is 6.80. The Hall–Kier alpha value is -0.860. The standard InChI is InChI=1S/C15H21NO/c17-15(13-6-7-13,12-4-2-1-3-5-12)14-8-10-16-11-9-14/h1-5,13-14,16-17H,6-11H2/t15-/m0/s1. The molecular weight excluding hydrogens is 210 g/mol. The van der Waals surface area contributed by atoms with Gasteiger partial charge in [0.15, 0.2) is 0 Å². The van der Waals surface area contributed by atoms with E-state index in [0.29, 0.717) is 11.8 Å². The number of benzene rings is 1. The average molecular weight is 231 g/mol. The van der Waals surface area contributed by atoms with E-state index in [2.05, 4.69) is 17.4 Å². The summed E-state index contributed by atoms with van der Waals surface area (Å²) < 4.78 is 0. The van der Waals surface area contributed by atoms with E-state index in [1.165, 1.54) is 12.8 Å². The third-order valence-corrected chi connectivity index (χ3v) is 4.40. The molecule has 0 bridgehead atoms. The van der Waals surface area contributed by atoms with Crippen LogP contribution in [0.25, 0.3) is 0 Å². The zero-order valence-corrected chi connectivity index (χ0v) is 10.2. The SMILES string of the molecule is O[C@](c1ccccc1)(C1CCNCC1)C1CC1. The molecule has 0 unspecified atom stereocenters. The first kappa shape index (κ1) is 11.2. The second-order valence-corrected chi connectivity index (χ2v) is 5.49. The molecular formula is C15H21NO. The van der Waals surface area contributed by atoms with Crippen molar-refractivity contribution in [1.82, 2.24) is 5.32 Å². The van der Waals surface area contributed by atoms with Crippen LogP contribution in [-0.2, 0) is 5.60 Å². The third kappa shape index (κ3) is 2.00. The molecule has 1 saturated heterocycles. The van der Waals surface area contributed by atoms with Gasteiger partial charge >= 0.3 is 0 Å². The smallest absolute Gasteiger partial charge is 0.0953 e. The molecule has 0 amide bonds. The molecule has 1 saturated carbocycles. The number of aliphatic hydroxyl groups is 1. The second-order valence-electron chi connectivity index (χ2n) is 5.49. The normalized spacial score (nSPS) is 25.5. The summed E-state index contributed by atoms with van der Waals surface area (Å²) in [6.45, 7) is 2.10. The predicted octanol–water partition coefficient (Wildman–Crippen LogP) is 2.28. The van der Waals surface area contributed by atoms with Gasteiger partial charge in [0.05, 0.1) is 5.60 Å². The van der Waals surface area contributed by atoms with E-state index in [4.69, 9.17) is 0 Å². The predicted molar refractivity (Wildman–Crippen MR) is 68.7 cm³/mol. The molecule has 1 aromatic rings. The van der Waals surface area contributed by atoms with E-state index in [1.54, 1.807) is 0 Å². The highest BCUT2D eigenvalue weighted by atomic mass is 16.3. The minimum Gasteiger partial charge on any atom is -0.385 e. The van der Waals surface area contributed by atoms with Gasteiger partial charge in [-0.15, -0.1) is 0 Å². The van der Waals surface area contributed by atoms with Gasteiger partial charge in [-0.3, -0.25) is 0 Å². The summed E-state index contributed by atoms with van der Waals surface area (Å²) in [7, 11) is 0. The second kappa shape index (κ2) is 4.43. The van der Waals surface area contributed by atoms with Crippen LogP contribution in [0.1, 0.15) is 31.2 Å². The molecule has 1 aliphatic carbocycles. The highest BCUT2D eigenvalue weighted by Gasteiger charge is 2.50. The van der Waals surface area contributed by atoms with Crippen molar-refractivity contribution in [3.8, 4) is 0 Å². The van der Waals surface area contributed by atoms with Crippen LogP contribution >= 0.6 is 0 Å². The molecule has 1 atom stereocenters. The van der Waals surface area contributed by atoms with Gasteiger partial charge in [-0.25, -0.2) is 0 Å². The Morgan fingerprint density at radius 2 is 1.53 bits per heavy atom. The summed E-state index contributed by atoms with van der Waals surface area (Å²) in [5.41, 5.74) is 0.568. The van der Waals surface area contributed by atoms with Crippen LogP contribution in [0.3, 0.4) is 0 Å². The van der Waals surface area contributed by atoms with Crippen molar-refractivity contribution in [2.75, 3.05) is 13.1 Å². The Balaban J connectivity index is 1.92. The molecule has 2 heteroatoms. The van der Waals surface area contributed by atoms with Gasteiger partial charge in [-0.2, -0.15) is 0 Å². The van der Waals surface area contributed by atoms with Crippen LogP contribution in [0.15, 0.2) is 30.3 Å². The van der Waals surface area contributed by atoms with E-state index in [1.807, 2.05) is 18.2 Å². The summed E-state index contributed by atoms with van der Waals surface area (Å²) in [4.78, 5) is 0. The maximum absolute atomic E-state index is 11.2. The first-order chi connectivity index (χ1) is 8.32. The van der Waals surface area contributed by atoms with E-state index in [-0.39, 0.29) is 0 Å². The molecule has 2 aliphatic rings. The molecule has 0 radical (unpaired) electrons. The summed E-state index contributed by atoms with van der Waals surface area (Å²) in [5.74, 6) is 0.923. The van der Waals surface area contributed by atoms with Crippen LogP contribution in [0.5, 0.6) is 0 Å². The fourth-order valence-electron chi connectivity index (χ4n) is 3.30. The lowest BCUT2D eigenvalue weighted by Gasteiger charge is -2.39. The topological polar surface area (TPSA) is 32.3 Å². The quantitative estimate of drug-likeness (QED) is 0.836. The van der Waals surface area contributed by atoms with E-state index in [9.17, 15) is 5.11 Å². The van der Waals surface area contributed by atoms with E-state index < -0.39 is 5.60 Å². The van der Waals surface area contributed by atoms with Crippen LogP contribution in [0.4, 0.5) is 0 Å². The van der Waals surface area contributed by atoms with Gasteiger partial charge in [-0.05, 0) is 56.2 Å². The molecule has 2 fully saturated rings. The molecule has 92 valence electrons. The van der Waals surface area contributed by atoms with Gasteiger partial charge in [0.25, 0.3) is 0 Å². The molecule has 3 rings (SSSR count). The molecule has 0 spiro atoms. The van der Waals surface area contributed by atoms with Crippen molar-refractivity contribution in [2.24, 2.45) is 11.8 Å². The summed E-state index contributed by atoms with van der Waals surface area (Å²) in [5, 5.41) is 14.6. The number of nitrogens with one attached hydrogen (secondary N) is 1. The number of rotatable bonds is 3.